The van der Waals surface area contributed by atoms with Crippen molar-refractivity contribution in [3.8, 4) is 0 Å². The van der Waals surface area contributed by atoms with Gasteiger partial charge in [0.05, 0.1) is 16.3 Å². The van der Waals surface area contributed by atoms with Gasteiger partial charge >= 0.3 is 0 Å². The first kappa shape index (κ1) is 13.0. The molecule has 1 saturated carbocycles. The van der Waals surface area contributed by atoms with Crippen LogP contribution in [0.4, 0.5) is 0 Å². The molecule has 0 saturated heterocycles. The summed E-state index contributed by atoms with van der Waals surface area (Å²) in [6, 6.07) is 8.25. The number of para-hydroxylation sites is 1. The number of hydrogen-bond acceptors (Lipinski definition) is 4. The van der Waals surface area contributed by atoms with Gasteiger partial charge in [-0.2, -0.15) is 0 Å². The first-order chi connectivity index (χ1) is 9.33. The van der Waals surface area contributed by atoms with Crippen molar-refractivity contribution in [2.24, 2.45) is 5.92 Å². The zero-order valence-corrected chi connectivity index (χ0v) is 11.8. The monoisotopic (exact) mass is 276 g/mol. The second-order valence-corrected chi connectivity index (χ2v) is 6.43. The van der Waals surface area contributed by atoms with E-state index in [1.807, 2.05) is 6.07 Å². The van der Waals surface area contributed by atoms with E-state index >= 15 is 0 Å². The Balaban J connectivity index is 1.54. The SMILES string of the molecule is OC1CCCCC1CNCc1nc2ccccc2s1. The van der Waals surface area contributed by atoms with Gasteiger partial charge in [-0.15, -0.1) is 11.3 Å². The number of aliphatic hydroxyl groups is 1. The van der Waals surface area contributed by atoms with E-state index in [0.29, 0.717) is 5.92 Å². The number of hydrogen-bond donors (Lipinski definition) is 2. The highest BCUT2D eigenvalue weighted by atomic mass is 32.1. The van der Waals surface area contributed by atoms with Gasteiger partial charge in [0.2, 0.25) is 0 Å². The van der Waals surface area contributed by atoms with Crippen LogP contribution < -0.4 is 5.32 Å². The molecule has 1 aliphatic rings. The molecule has 1 aliphatic carbocycles. The second kappa shape index (κ2) is 5.99. The Morgan fingerprint density at radius 1 is 1.26 bits per heavy atom. The van der Waals surface area contributed by atoms with Crippen LogP contribution in [0.2, 0.25) is 0 Å². The molecular weight excluding hydrogens is 256 g/mol. The summed E-state index contributed by atoms with van der Waals surface area (Å²) in [5, 5.41) is 14.5. The van der Waals surface area contributed by atoms with Crippen molar-refractivity contribution >= 4 is 21.6 Å². The first-order valence-electron chi connectivity index (χ1n) is 7.06. The summed E-state index contributed by atoms with van der Waals surface area (Å²) in [6.07, 6.45) is 4.43. The lowest BCUT2D eigenvalue weighted by atomic mass is 9.86. The first-order valence-corrected chi connectivity index (χ1v) is 7.88. The Hall–Kier alpha value is -0.970. The molecule has 1 heterocycles. The third-order valence-corrected chi connectivity index (χ3v) is 4.93. The Morgan fingerprint density at radius 2 is 2.11 bits per heavy atom. The van der Waals surface area contributed by atoms with Crippen LogP contribution in [0.15, 0.2) is 24.3 Å². The third kappa shape index (κ3) is 3.14. The quantitative estimate of drug-likeness (QED) is 0.902. The molecule has 4 heteroatoms. The summed E-state index contributed by atoms with van der Waals surface area (Å²) in [4.78, 5) is 4.61. The Morgan fingerprint density at radius 3 is 2.95 bits per heavy atom. The number of aromatic nitrogens is 1. The molecule has 3 rings (SSSR count). The van der Waals surface area contributed by atoms with Crippen LogP contribution in [0.1, 0.15) is 30.7 Å². The molecule has 1 fully saturated rings. The number of aliphatic hydroxyl groups excluding tert-OH is 1. The standard InChI is InChI=1S/C15H20N2OS/c18-13-7-3-1-5-11(13)9-16-10-15-17-12-6-2-4-8-14(12)19-15/h2,4,6,8,11,13,16,18H,1,3,5,7,9-10H2. The molecule has 0 aliphatic heterocycles. The molecule has 2 unspecified atom stereocenters. The molecular formula is C15H20N2OS. The predicted octanol–water partition coefficient (Wildman–Crippen LogP) is 2.94. The van der Waals surface area contributed by atoms with Gasteiger partial charge in [0.15, 0.2) is 0 Å². The topological polar surface area (TPSA) is 45.1 Å². The van der Waals surface area contributed by atoms with Crippen molar-refractivity contribution in [3.63, 3.8) is 0 Å². The van der Waals surface area contributed by atoms with Gasteiger partial charge in [-0.1, -0.05) is 25.0 Å². The lowest BCUT2D eigenvalue weighted by Crippen LogP contribution is -2.33. The third-order valence-electron chi connectivity index (χ3n) is 3.89. The van der Waals surface area contributed by atoms with Crippen LogP contribution in [0.3, 0.4) is 0 Å². The van der Waals surface area contributed by atoms with Gasteiger partial charge in [-0.3, -0.25) is 0 Å². The van der Waals surface area contributed by atoms with Crippen LogP contribution in [-0.4, -0.2) is 22.7 Å². The second-order valence-electron chi connectivity index (χ2n) is 5.32. The molecule has 0 amide bonds. The summed E-state index contributed by atoms with van der Waals surface area (Å²) in [6.45, 7) is 1.71. The van der Waals surface area contributed by atoms with E-state index in [1.165, 1.54) is 17.5 Å². The van der Waals surface area contributed by atoms with E-state index < -0.39 is 0 Å². The Bertz CT molecular complexity index is 507. The number of nitrogens with one attached hydrogen (secondary N) is 1. The largest absolute Gasteiger partial charge is 0.393 e. The number of thiazole rings is 1. The molecule has 0 bridgehead atoms. The average molecular weight is 276 g/mol. The summed E-state index contributed by atoms with van der Waals surface area (Å²) in [5.41, 5.74) is 1.09. The molecule has 2 N–H and O–H groups in total. The fourth-order valence-electron chi connectivity index (χ4n) is 2.79. The van der Waals surface area contributed by atoms with E-state index in [9.17, 15) is 5.11 Å². The molecule has 19 heavy (non-hydrogen) atoms. The van der Waals surface area contributed by atoms with E-state index in [2.05, 4.69) is 28.5 Å². The van der Waals surface area contributed by atoms with Crippen LogP contribution >= 0.6 is 11.3 Å². The van der Waals surface area contributed by atoms with Crippen molar-refractivity contribution in [1.82, 2.24) is 10.3 Å². The minimum absolute atomic E-state index is 0.114. The van der Waals surface area contributed by atoms with Gasteiger partial charge in [0.1, 0.15) is 5.01 Å². The number of rotatable bonds is 4. The van der Waals surface area contributed by atoms with E-state index in [-0.39, 0.29) is 6.10 Å². The molecule has 102 valence electrons. The van der Waals surface area contributed by atoms with Crippen LogP contribution in [0.25, 0.3) is 10.2 Å². The molecule has 1 aromatic carbocycles. The summed E-state index contributed by atoms with van der Waals surface area (Å²) < 4.78 is 1.25. The normalized spacial score (nSPS) is 23.8. The van der Waals surface area contributed by atoms with Crippen molar-refractivity contribution in [2.45, 2.75) is 38.3 Å². The van der Waals surface area contributed by atoms with Gasteiger partial charge < -0.3 is 10.4 Å². The molecule has 2 atom stereocenters. The maximum Gasteiger partial charge on any atom is 0.108 e. The zero-order chi connectivity index (χ0) is 13.1. The number of fused-ring (bicyclic) bond motifs is 1. The highest BCUT2D eigenvalue weighted by molar-refractivity contribution is 7.18. The highest BCUT2D eigenvalue weighted by Crippen LogP contribution is 2.24. The van der Waals surface area contributed by atoms with Crippen LogP contribution in [0, 0.1) is 5.92 Å². The van der Waals surface area contributed by atoms with E-state index in [4.69, 9.17) is 0 Å². The lowest BCUT2D eigenvalue weighted by Gasteiger charge is -2.27. The summed E-state index contributed by atoms with van der Waals surface area (Å²) in [7, 11) is 0. The summed E-state index contributed by atoms with van der Waals surface area (Å²) >= 11 is 1.75. The van der Waals surface area contributed by atoms with Crippen molar-refractivity contribution < 1.29 is 5.11 Å². The average Bonchev–Trinajstić information content (AvgIpc) is 2.83. The van der Waals surface area contributed by atoms with Gasteiger partial charge in [-0.05, 0) is 30.9 Å². The van der Waals surface area contributed by atoms with Crippen LogP contribution in [-0.2, 0) is 6.54 Å². The Labute approximate surface area is 117 Å². The lowest BCUT2D eigenvalue weighted by molar-refractivity contribution is 0.0695. The molecule has 3 nitrogen and oxygen atoms in total. The smallest absolute Gasteiger partial charge is 0.108 e. The number of benzene rings is 1. The molecule has 0 spiro atoms. The minimum atomic E-state index is -0.114. The van der Waals surface area contributed by atoms with Crippen molar-refractivity contribution in [2.75, 3.05) is 6.54 Å². The number of nitrogens with zero attached hydrogens (tertiary/aromatic N) is 1. The van der Waals surface area contributed by atoms with Gasteiger partial charge in [-0.25, -0.2) is 4.98 Å². The maximum absolute atomic E-state index is 9.93. The molecule has 2 aromatic rings. The van der Waals surface area contributed by atoms with Crippen LogP contribution in [0.5, 0.6) is 0 Å². The van der Waals surface area contributed by atoms with Gasteiger partial charge in [0, 0.05) is 13.1 Å². The van der Waals surface area contributed by atoms with Gasteiger partial charge in [0.25, 0.3) is 0 Å². The minimum Gasteiger partial charge on any atom is -0.393 e. The van der Waals surface area contributed by atoms with E-state index in [0.717, 1.165) is 36.5 Å². The molecule has 1 aromatic heterocycles. The van der Waals surface area contributed by atoms with Crippen molar-refractivity contribution in [3.05, 3.63) is 29.3 Å². The fourth-order valence-corrected chi connectivity index (χ4v) is 3.72. The zero-order valence-electron chi connectivity index (χ0n) is 11.0. The molecule has 0 radical (unpaired) electrons. The summed E-state index contributed by atoms with van der Waals surface area (Å²) in [5.74, 6) is 0.420. The fraction of sp³-hybridized carbons (Fsp3) is 0.533. The Kier molecular flexibility index (Phi) is 4.11. The predicted molar refractivity (Wildman–Crippen MR) is 79.3 cm³/mol. The van der Waals surface area contributed by atoms with E-state index in [1.54, 1.807) is 11.3 Å². The highest BCUT2D eigenvalue weighted by Gasteiger charge is 2.22. The van der Waals surface area contributed by atoms with Crippen molar-refractivity contribution in [1.29, 1.82) is 0 Å². The maximum atomic E-state index is 9.93.